The van der Waals surface area contributed by atoms with Crippen molar-refractivity contribution in [1.29, 1.82) is 0 Å². The fraction of sp³-hybridized carbons (Fsp3) is 0.444. The van der Waals surface area contributed by atoms with Gasteiger partial charge < -0.3 is 14.5 Å². The van der Waals surface area contributed by atoms with Crippen molar-refractivity contribution in [2.24, 2.45) is 0 Å². The summed E-state index contributed by atoms with van der Waals surface area (Å²) in [6.45, 7) is 2.02. The number of imide groups is 1. The predicted molar refractivity (Wildman–Crippen MR) is 91.6 cm³/mol. The number of ether oxygens (including phenoxy) is 1. The van der Waals surface area contributed by atoms with Crippen LogP contribution in [-0.2, 0) is 9.53 Å². The van der Waals surface area contributed by atoms with Crippen LogP contribution in [0.4, 0.5) is 4.79 Å². The average Bonchev–Trinajstić information content (AvgIpc) is 2.92. The molecule has 3 rings (SSSR count). The van der Waals surface area contributed by atoms with Crippen molar-refractivity contribution in [3.63, 3.8) is 0 Å². The monoisotopic (exact) mass is 359 g/mol. The fourth-order valence-electron chi connectivity index (χ4n) is 3.26. The molecule has 0 bridgehead atoms. The number of carbonyl (C=O) groups excluding carboxylic acids is 4. The van der Waals surface area contributed by atoms with Crippen LogP contribution < -0.4 is 0 Å². The van der Waals surface area contributed by atoms with E-state index >= 15 is 0 Å². The van der Waals surface area contributed by atoms with Gasteiger partial charge in [0.2, 0.25) is 5.91 Å². The maximum Gasteiger partial charge on any atom is 0.409 e. The van der Waals surface area contributed by atoms with E-state index in [9.17, 15) is 19.2 Å². The molecule has 0 atom stereocenters. The Morgan fingerprint density at radius 3 is 2.04 bits per heavy atom. The average molecular weight is 359 g/mol. The first-order chi connectivity index (χ1) is 12.5. The highest BCUT2D eigenvalue weighted by atomic mass is 16.5. The van der Waals surface area contributed by atoms with Crippen LogP contribution in [0.15, 0.2) is 24.3 Å². The number of methoxy groups -OCH3 is 1. The molecule has 138 valence electrons. The smallest absolute Gasteiger partial charge is 0.409 e. The molecule has 8 nitrogen and oxygen atoms in total. The van der Waals surface area contributed by atoms with E-state index in [1.54, 1.807) is 34.1 Å². The Morgan fingerprint density at radius 2 is 1.50 bits per heavy atom. The van der Waals surface area contributed by atoms with E-state index < -0.39 is 0 Å². The van der Waals surface area contributed by atoms with E-state index in [1.165, 1.54) is 12.0 Å². The van der Waals surface area contributed by atoms with Crippen LogP contribution in [0.5, 0.6) is 0 Å². The molecule has 26 heavy (non-hydrogen) atoms. The van der Waals surface area contributed by atoms with Gasteiger partial charge in [-0.25, -0.2) is 4.79 Å². The van der Waals surface area contributed by atoms with Crippen LogP contribution in [-0.4, -0.2) is 78.3 Å². The molecule has 2 aliphatic rings. The molecule has 0 aliphatic carbocycles. The highest BCUT2D eigenvalue weighted by Crippen LogP contribution is 2.22. The topological polar surface area (TPSA) is 87.2 Å². The summed E-state index contributed by atoms with van der Waals surface area (Å²) in [5.41, 5.74) is 0.838. The molecular formula is C18H21N3O5. The lowest BCUT2D eigenvalue weighted by atomic mass is 10.1. The Hall–Kier alpha value is -2.90. The zero-order valence-corrected chi connectivity index (χ0v) is 14.6. The van der Waals surface area contributed by atoms with Gasteiger partial charge in [-0.3, -0.25) is 19.3 Å². The number of rotatable bonds is 4. The molecule has 1 aromatic rings. The largest absolute Gasteiger partial charge is 0.453 e. The van der Waals surface area contributed by atoms with Crippen molar-refractivity contribution in [3.05, 3.63) is 35.4 Å². The van der Waals surface area contributed by atoms with E-state index in [2.05, 4.69) is 4.74 Å². The molecule has 2 heterocycles. The van der Waals surface area contributed by atoms with Crippen LogP contribution in [0.1, 0.15) is 33.6 Å². The minimum Gasteiger partial charge on any atom is -0.453 e. The standard InChI is InChI=1S/C18H21N3O5/c1-26-18(25)20-11-9-19(10-12-20)15(22)7-4-8-21-16(23)13-5-2-3-6-14(13)17(21)24/h2-3,5-6H,4,7-12H2,1H3. The van der Waals surface area contributed by atoms with Crippen molar-refractivity contribution in [2.45, 2.75) is 12.8 Å². The molecule has 2 aliphatic heterocycles. The number of benzene rings is 1. The van der Waals surface area contributed by atoms with E-state index in [-0.39, 0.29) is 36.8 Å². The Morgan fingerprint density at radius 1 is 0.962 bits per heavy atom. The van der Waals surface area contributed by atoms with Gasteiger partial charge in [-0.2, -0.15) is 0 Å². The van der Waals surface area contributed by atoms with Gasteiger partial charge in [0.15, 0.2) is 0 Å². The summed E-state index contributed by atoms with van der Waals surface area (Å²) in [5.74, 6) is -0.638. The quantitative estimate of drug-likeness (QED) is 0.748. The van der Waals surface area contributed by atoms with Gasteiger partial charge >= 0.3 is 6.09 Å². The lowest BCUT2D eigenvalue weighted by Gasteiger charge is -2.34. The second kappa shape index (κ2) is 7.55. The highest BCUT2D eigenvalue weighted by Gasteiger charge is 2.34. The summed E-state index contributed by atoms with van der Waals surface area (Å²) in [6, 6.07) is 6.74. The summed E-state index contributed by atoms with van der Waals surface area (Å²) < 4.78 is 4.67. The number of hydrogen-bond acceptors (Lipinski definition) is 5. The number of nitrogens with zero attached hydrogens (tertiary/aromatic N) is 3. The van der Waals surface area contributed by atoms with Crippen molar-refractivity contribution >= 4 is 23.8 Å². The van der Waals surface area contributed by atoms with E-state index in [4.69, 9.17) is 0 Å². The molecule has 0 spiro atoms. The van der Waals surface area contributed by atoms with Crippen LogP contribution in [0, 0.1) is 0 Å². The summed E-state index contributed by atoms with van der Waals surface area (Å²) in [7, 11) is 1.33. The maximum atomic E-state index is 12.3. The third kappa shape index (κ3) is 3.40. The SMILES string of the molecule is COC(=O)N1CCN(C(=O)CCCN2C(=O)c3ccccc3C2=O)CC1. The minimum atomic E-state index is -0.386. The van der Waals surface area contributed by atoms with E-state index in [1.807, 2.05) is 0 Å². The van der Waals surface area contributed by atoms with Crippen molar-refractivity contribution in [1.82, 2.24) is 14.7 Å². The first kappa shape index (κ1) is 17.9. The number of hydrogen-bond donors (Lipinski definition) is 0. The van der Waals surface area contributed by atoms with Crippen molar-refractivity contribution in [3.8, 4) is 0 Å². The Balaban J connectivity index is 1.46. The second-order valence-corrected chi connectivity index (χ2v) is 6.25. The van der Waals surface area contributed by atoms with Gasteiger partial charge in [0.05, 0.1) is 18.2 Å². The van der Waals surface area contributed by atoms with Gasteiger partial charge in [-0.15, -0.1) is 0 Å². The first-order valence-electron chi connectivity index (χ1n) is 8.59. The molecule has 0 aromatic heterocycles. The minimum absolute atomic E-state index is 0.0360. The molecule has 0 radical (unpaired) electrons. The van der Waals surface area contributed by atoms with Gasteiger partial charge in [-0.1, -0.05) is 12.1 Å². The molecule has 1 saturated heterocycles. The molecule has 0 unspecified atom stereocenters. The maximum absolute atomic E-state index is 12.3. The molecule has 8 heteroatoms. The molecule has 4 amide bonds. The van der Waals surface area contributed by atoms with Crippen molar-refractivity contribution in [2.75, 3.05) is 39.8 Å². The predicted octanol–water partition coefficient (Wildman–Crippen LogP) is 0.973. The lowest BCUT2D eigenvalue weighted by Crippen LogP contribution is -2.50. The molecule has 1 aromatic carbocycles. The van der Waals surface area contributed by atoms with Crippen LogP contribution in [0.25, 0.3) is 0 Å². The van der Waals surface area contributed by atoms with E-state index in [0.29, 0.717) is 43.7 Å². The van der Waals surface area contributed by atoms with Gasteiger partial charge in [0, 0.05) is 39.1 Å². The lowest BCUT2D eigenvalue weighted by molar-refractivity contribution is -0.132. The first-order valence-corrected chi connectivity index (χ1v) is 8.59. The van der Waals surface area contributed by atoms with Gasteiger partial charge in [-0.05, 0) is 18.6 Å². The van der Waals surface area contributed by atoms with Gasteiger partial charge in [0.1, 0.15) is 0 Å². The number of amides is 4. The molecule has 0 N–H and O–H groups in total. The third-order valence-electron chi connectivity index (χ3n) is 4.72. The molecule has 0 saturated carbocycles. The van der Waals surface area contributed by atoms with Crippen LogP contribution >= 0.6 is 0 Å². The van der Waals surface area contributed by atoms with Crippen LogP contribution in [0.3, 0.4) is 0 Å². The number of carbonyl (C=O) groups is 4. The fourth-order valence-corrected chi connectivity index (χ4v) is 3.26. The Labute approximate surface area is 151 Å². The Bertz CT molecular complexity index is 705. The Kier molecular flexibility index (Phi) is 5.20. The molecule has 1 fully saturated rings. The summed E-state index contributed by atoms with van der Waals surface area (Å²) in [6.07, 6.45) is 0.287. The van der Waals surface area contributed by atoms with Gasteiger partial charge in [0.25, 0.3) is 11.8 Å². The normalized spacial score (nSPS) is 16.7. The summed E-state index contributed by atoms with van der Waals surface area (Å²) in [4.78, 5) is 52.8. The third-order valence-corrected chi connectivity index (χ3v) is 4.72. The summed E-state index contributed by atoms with van der Waals surface area (Å²) >= 11 is 0. The molecular weight excluding hydrogens is 338 g/mol. The van der Waals surface area contributed by atoms with E-state index in [0.717, 1.165) is 0 Å². The zero-order chi connectivity index (χ0) is 18.7. The summed E-state index contributed by atoms with van der Waals surface area (Å²) in [5, 5.41) is 0. The number of piperazine rings is 1. The highest BCUT2D eigenvalue weighted by molar-refractivity contribution is 6.21. The second-order valence-electron chi connectivity index (χ2n) is 6.25. The zero-order valence-electron chi connectivity index (χ0n) is 14.6. The van der Waals surface area contributed by atoms with Crippen LogP contribution in [0.2, 0.25) is 0 Å². The van der Waals surface area contributed by atoms with Crippen molar-refractivity contribution < 1.29 is 23.9 Å². The number of fused-ring (bicyclic) bond motifs is 1.